The van der Waals surface area contributed by atoms with Crippen LogP contribution in [0.2, 0.25) is 0 Å². The lowest BCUT2D eigenvalue weighted by Gasteiger charge is -2.33. The van der Waals surface area contributed by atoms with Crippen molar-refractivity contribution >= 4 is 0 Å². The van der Waals surface area contributed by atoms with Crippen LogP contribution in [-0.4, -0.2) is 80.7 Å². The molecule has 1 aromatic carbocycles. The molecule has 0 saturated carbocycles. The van der Waals surface area contributed by atoms with Crippen LogP contribution in [0.15, 0.2) is 24.3 Å². The van der Waals surface area contributed by atoms with Gasteiger partial charge in [-0.05, 0) is 30.5 Å². The third kappa shape index (κ3) is 4.61. The van der Waals surface area contributed by atoms with Crippen molar-refractivity contribution in [2.24, 2.45) is 0 Å². The minimum Gasteiger partial charge on any atom is -0.379 e. The van der Waals surface area contributed by atoms with Crippen LogP contribution in [0.25, 0.3) is 0 Å². The SMILES string of the molecule is Fc1ccc(CN2CCOCC3(CCC(CN4CCOCC4)O3)C2)cc1. The second kappa shape index (κ2) is 8.31. The Labute approximate surface area is 155 Å². The van der Waals surface area contributed by atoms with E-state index in [9.17, 15) is 4.39 Å². The van der Waals surface area contributed by atoms with Gasteiger partial charge in [-0.2, -0.15) is 0 Å². The summed E-state index contributed by atoms with van der Waals surface area (Å²) < 4.78 is 31.0. The van der Waals surface area contributed by atoms with Gasteiger partial charge in [-0.25, -0.2) is 4.39 Å². The van der Waals surface area contributed by atoms with E-state index in [0.29, 0.717) is 6.61 Å². The van der Waals surface area contributed by atoms with Crippen LogP contribution in [0, 0.1) is 5.82 Å². The second-order valence-corrected chi connectivity index (χ2v) is 7.76. The number of nitrogens with zero attached hydrogens (tertiary/aromatic N) is 2. The molecule has 3 fully saturated rings. The Bertz CT molecular complexity index is 579. The molecule has 1 spiro atoms. The van der Waals surface area contributed by atoms with E-state index in [2.05, 4.69) is 9.80 Å². The lowest BCUT2D eigenvalue weighted by Crippen LogP contribution is -2.46. The average molecular weight is 364 g/mol. The van der Waals surface area contributed by atoms with Gasteiger partial charge in [-0.3, -0.25) is 9.80 Å². The average Bonchev–Trinajstić information content (AvgIpc) is 2.92. The van der Waals surface area contributed by atoms with Gasteiger partial charge in [0.1, 0.15) is 11.4 Å². The van der Waals surface area contributed by atoms with Crippen LogP contribution in [0.5, 0.6) is 0 Å². The highest BCUT2D eigenvalue weighted by atomic mass is 19.1. The molecule has 5 nitrogen and oxygen atoms in total. The predicted molar refractivity (Wildman–Crippen MR) is 96.6 cm³/mol. The summed E-state index contributed by atoms with van der Waals surface area (Å²) in [6.07, 6.45) is 2.41. The normalized spacial score (nSPS) is 31.3. The smallest absolute Gasteiger partial charge is 0.123 e. The molecule has 0 aliphatic carbocycles. The Morgan fingerprint density at radius 2 is 1.73 bits per heavy atom. The van der Waals surface area contributed by atoms with E-state index >= 15 is 0 Å². The van der Waals surface area contributed by atoms with E-state index in [0.717, 1.165) is 77.5 Å². The molecule has 4 rings (SSSR count). The first-order valence-electron chi connectivity index (χ1n) is 9.73. The molecule has 3 aliphatic rings. The molecule has 0 amide bonds. The number of hydrogen-bond acceptors (Lipinski definition) is 5. The Kier molecular flexibility index (Phi) is 5.86. The van der Waals surface area contributed by atoms with Gasteiger partial charge in [0.2, 0.25) is 0 Å². The number of halogens is 1. The molecule has 26 heavy (non-hydrogen) atoms. The third-order valence-electron chi connectivity index (χ3n) is 5.65. The van der Waals surface area contributed by atoms with Crippen molar-refractivity contribution < 1.29 is 18.6 Å². The molecule has 1 aromatic rings. The molecule has 2 unspecified atom stereocenters. The minimum absolute atomic E-state index is 0.186. The van der Waals surface area contributed by atoms with E-state index in [-0.39, 0.29) is 17.5 Å². The summed E-state index contributed by atoms with van der Waals surface area (Å²) in [6.45, 7) is 8.61. The largest absolute Gasteiger partial charge is 0.379 e. The molecular weight excluding hydrogens is 335 g/mol. The maximum atomic E-state index is 13.1. The zero-order chi connectivity index (χ0) is 17.8. The topological polar surface area (TPSA) is 34.2 Å². The first kappa shape index (κ1) is 18.3. The van der Waals surface area contributed by atoms with E-state index in [1.807, 2.05) is 12.1 Å². The van der Waals surface area contributed by atoms with E-state index in [1.165, 1.54) is 12.1 Å². The van der Waals surface area contributed by atoms with Crippen molar-refractivity contribution in [1.82, 2.24) is 9.80 Å². The molecule has 0 bridgehead atoms. The molecule has 0 aromatic heterocycles. The Hall–Kier alpha value is -1.05. The van der Waals surface area contributed by atoms with Crippen LogP contribution in [0.1, 0.15) is 18.4 Å². The van der Waals surface area contributed by atoms with Crippen molar-refractivity contribution in [3.63, 3.8) is 0 Å². The number of morpholine rings is 1. The molecule has 144 valence electrons. The maximum Gasteiger partial charge on any atom is 0.123 e. The van der Waals surface area contributed by atoms with Gasteiger partial charge in [0.05, 0.1) is 32.5 Å². The zero-order valence-corrected chi connectivity index (χ0v) is 15.4. The summed E-state index contributed by atoms with van der Waals surface area (Å²) in [4.78, 5) is 4.83. The quantitative estimate of drug-likeness (QED) is 0.815. The fraction of sp³-hybridized carbons (Fsp3) is 0.700. The van der Waals surface area contributed by atoms with Crippen LogP contribution in [0.3, 0.4) is 0 Å². The number of benzene rings is 1. The molecular formula is C20H29FN2O3. The summed E-state index contributed by atoms with van der Waals surface area (Å²) in [6, 6.07) is 6.79. The van der Waals surface area contributed by atoms with Crippen molar-refractivity contribution in [2.75, 3.05) is 59.2 Å². The third-order valence-corrected chi connectivity index (χ3v) is 5.65. The van der Waals surface area contributed by atoms with Gasteiger partial charge in [0.15, 0.2) is 0 Å². The summed E-state index contributed by atoms with van der Waals surface area (Å²) in [5, 5.41) is 0. The van der Waals surface area contributed by atoms with Crippen LogP contribution in [0.4, 0.5) is 4.39 Å². The highest BCUT2D eigenvalue weighted by molar-refractivity contribution is 5.16. The Balaban J connectivity index is 1.35. The molecule has 0 radical (unpaired) electrons. The van der Waals surface area contributed by atoms with Gasteiger partial charge in [0.25, 0.3) is 0 Å². The number of rotatable bonds is 4. The van der Waals surface area contributed by atoms with E-state index in [1.54, 1.807) is 0 Å². The van der Waals surface area contributed by atoms with Crippen molar-refractivity contribution in [1.29, 1.82) is 0 Å². The van der Waals surface area contributed by atoms with Crippen molar-refractivity contribution in [2.45, 2.75) is 31.1 Å². The lowest BCUT2D eigenvalue weighted by atomic mass is 9.99. The summed E-state index contributed by atoms with van der Waals surface area (Å²) in [7, 11) is 0. The predicted octanol–water partition coefficient (Wildman–Crippen LogP) is 1.91. The lowest BCUT2D eigenvalue weighted by molar-refractivity contribution is -0.0967. The standard InChI is InChI=1S/C20H29FN2O3/c21-18-3-1-17(2-4-18)13-23-9-12-25-16-20(15-23)6-5-19(26-20)14-22-7-10-24-11-8-22/h1-4,19H,5-16H2. The molecule has 3 heterocycles. The monoisotopic (exact) mass is 364 g/mol. The van der Waals surface area contributed by atoms with Gasteiger partial charge in [0, 0.05) is 39.3 Å². The van der Waals surface area contributed by atoms with Crippen molar-refractivity contribution in [3.8, 4) is 0 Å². The first-order chi connectivity index (χ1) is 12.7. The van der Waals surface area contributed by atoms with Crippen molar-refractivity contribution in [3.05, 3.63) is 35.6 Å². The second-order valence-electron chi connectivity index (χ2n) is 7.76. The van der Waals surface area contributed by atoms with E-state index < -0.39 is 0 Å². The first-order valence-corrected chi connectivity index (χ1v) is 9.73. The summed E-state index contributed by atoms with van der Waals surface area (Å²) in [5.74, 6) is -0.186. The van der Waals surface area contributed by atoms with Gasteiger partial charge < -0.3 is 14.2 Å². The molecule has 3 aliphatic heterocycles. The summed E-state index contributed by atoms with van der Waals surface area (Å²) in [5.41, 5.74) is 0.930. The molecule has 2 atom stereocenters. The zero-order valence-electron chi connectivity index (χ0n) is 15.4. The molecule has 3 saturated heterocycles. The highest BCUT2D eigenvalue weighted by Crippen LogP contribution is 2.34. The van der Waals surface area contributed by atoms with Gasteiger partial charge in [-0.1, -0.05) is 12.1 Å². The fourth-order valence-corrected chi connectivity index (χ4v) is 4.29. The number of hydrogen-bond donors (Lipinski definition) is 0. The fourth-order valence-electron chi connectivity index (χ4n) is 4.29. The van der Waals surface area contributed by atoms with Gasteiger partial charge >= 0.3 is 0 Å². The van der Waals surface area contributed by atoms with E-state index in [4.69, 9.17) is 14.2 Å². The van der Waals surface area contributed by atoms with Crippen LogP contribution in [-0.2, 0) is 20.8 Å². The minimum atomic E-state index is -0.201. The Morgan fingerprint density at radius 1 is 1.00 bits per heavy atom. The number of ether oxygens (including phenoxy) is 3. The van der Waals surface area contributed by atoms with Crippen LogP contribution < -0.4 is 0 Å². The van der Waals surface area contributed by atoms with Gasteiger partial charge in [-0.15, -0.1) is 0 Å². The summed E-state index contributed by atoms with van der Waals surface area (Å²) >= 11 is 0. The highest BCUT2D eigenvalue weighted by Gasteiger charge is 2.43. The molecule has 6 heteroatoms. The molecule has 0 N–H and O–H groups in total. The van der Waals surface area contributed by atoms with Crippen LogP contribution >= 0.6 is 0 Å². The maximum absolute atomic E-state index is 13.1. The Morgan fingerprint density at radius 3 is 2.54 bits per heavy atom.